The number of aromatic nitrogens is 3. The summed E-state index contributed by atoms with van der Waals surface area (Å²) in [4.78, 5) is 24.2. The van der Waals surface area contributed by atoms with Gasteiger partial charge in [0.2, 0.25) is 5.88 Å². The molecule has 0 amide bonds. The zero-order valence-electron chi connectivity index (χ0n) is 20.4. The number of alkyl halides is 3. The lowest BCUT2D eigenvalue weighted by molar-refractivity contribution is -0.154. The lowest BCUT2D eigenvalue weighted by atomic mass is 9.82. The molecule has 0 aliphatic heterocycles. The molecule has 1 N–H and O–H groups in total. The SMILES string of the molecule is [B]C([B])Oc1ccc(-n2c(=O)c(C3=C/C(=C/N(C)C)C(=N)C=C3)nc3ccc(OCC(F)(F)F)nc32)cc1. The minimum Gasteiger partial charge on any atom is -0.510 e. The third-order valence-electron chi connectivity index (χ3n) is 5.15. The lowest BCUT2D eigenvalue weighted by Gasteiger charge is -2.17. The van der Waals surface area contributed by atoms with E-state index in [1.807, 2.05) is 14.1 Å². The molecule has 4 rings (SSSR count). The summed E-state index contributed by atoms with van der Waals surface area (Å²) in [6.45, 7) is -1.54. The van der Waals surface area contributed by atoms with E-state index in [1.54, 1.807) is 41.5 Å². The summed E-state index contributed by atoms with van der Waals surface area (Å²) in [5.74, 6) is -1.04. The maximum atomic E-state index is 13.8. The van der Waals surface area contributed by atoms with Gasteiger partial charge in [-0.05, 0) is 42.5 Å². The van der Waals surface area contributed by atoms with Gasteiger partial charge >= 0.3 is 6.18 Å². The maximum absolute atomic E-state index is 13.8. The Morgan fingerprint density at radius 2 is 1.82 bits per heavy atom. The van der Waals surface area contributed by atoms with Crippen molar-refractivity contribution in [3.8, 4) is 17.3 Å². The van der Waals surface area contributed by atoms with Crippen LogP contribution in [0.1, 0.15) is 5.69 Å². The summed E-state index contributed by atoms with van der Waals surface area (Å²) in [7, 11) is 14.5. The van der Waals surface area contributed by atoms with Crippen LogP contribution < -0.4 is 15.0 Å². The molecule has 0 saturated carbocycles. The van der Waals surface area contributed by atoms with E-state index < -0.39 is 24.2 Å². The molecule has 1 aromatic carbocycles. The molecule has 0 saturated heterocycles. The van der Waals surface area contributed by atoms with Crippen molar-refractivity contribution in [3.63, 3.8) is 0 Å². The molecule has 2 heterocycles. The molecule has 3 aromatic rings. The van der Waals surface area contributed by atoms with Gasteiger partial charge in [-0.2, -0.15) is 18.2 Å². The fourth-order valence-corrected chi connectivity index (χ4v) is 3.64. The van der Waals surface area contributed by atoms with Crippen molar-refractivity contribution in [1.29, 1.82) is 5.41 Å². The van der Waals surface area contributed by atoms with Gasteiger partial charge in [-0.25, -0.2) is 4.98 Å². The van der Waals surface area contributed by atoms with Crippen molar-refractivity contribution in [2.24, 2.45) is 0 Å². The lowest BCUT2D eigenvalue weighted by Crippen LogP contribution is -2.26. The number of fused-ring (bicyclic) bond motifs is 1. The minimum atomic E-state index is -4.57. The molecular formula is C25H20B2F3N5O3. The van der Waals surface area contributed by atoms with Crippen LogP contribution in [0.15, 0.2) is 71.2 Å². The second-order valence-electron chi connectivity index (χ2n) is 8.47. The Kier molecular flexibility index (Phi) is 7.47. The van der Waals surface area contributed by atoms with Crippen LogP contribution >= 0.6 is 0 Å². The Bertz CT molecular complexity index is 1530. The predicted octanol–water partition coefficient (Wildman–Crippen LogP) is 3.14. The van der Waals surface area contributed by atoms with Gasteiger partial charge in [0.15, 0.2) is 12.3 Å². The monoisotopic (exact) mass is 517 g/mol. The van der Waals surface area contributed by atoms with E-state index in [-0.39, 0.29) is 28.4 Å². The summed E-state index contributed by atoms with van der Waals surface area (Å²) in [5.41, 5.74) is 1.28. The molecule has 1 aliphatic rings. The second kappa shape index (κ2) is 10.6. The van der Waals surface area contributed by atoms with Gasteiger partial charge in [0.25, 0.3) is 5.56 Å². The highest BCUT2D eigenvalue weighted by Crippen LogP contribution is 2.25. The molecule has 13 heteroatoms. The number of halogens is 3. The van der Waals surface area contributed by atoms with E-state index in [4.69, 9.17) is 30.6 Å². The molecule has 0 bridgehead atoms. The second-order valence-corrected chi connectivity index (χ2v) is 8.47. The van der Waals surface area contributed by atoms with Gasteiger partial charge in [-0.3, -0.25) is 9.36 Å². The number of ether oxygens (including phenoxy) is 2. The van der Waals surface area contributed by atoms with Crippen molar-refractivity contribution in [2.45, 2.75) is 12.1 Å². The Balaban J connectivity index is 1.91. The topological polar surface area (TPSA) is 93.3 Å². The highest BCUT2D eigenvalue weighted by Gasteiger charge is 2.29. The van der Waals surface area contributed by atoms with E-state index in [2.05, 4.69) is 9.97 Å². The van der Waals surface area contributed by atoms with E-state index >= 15 is 0 Å². The molecular weight excluding hydrogens is 497 g/mol. The first-order chi connectivity index (χ1) is 17.9. The largest absolute Gasteiger partial charge is 0.510 e. The van der Waals surface area contributed by atoms with Crippen molar-refractivity contribution in [1.82, 2.24) is 19.4 Å². The first-order valence-electron chi connectivity index (χ1n) is 11.2. The summed E-state index contributed by atoms with van der Waals surface area (Å²) in [6.07, 6.45) is 1.98. The normalized spacial score (nSPS) is 14.7. The fraction of sp³-hybridized carbons (Fsp3) is 0.200. The van der Waals surface area contributed by atoms with Gasteiger partial charge in [0.05, 0.1) is 11.4 Å². The Labute approximate surface area is 218 Å². The quantitative estimate of drug-likeness (QED) is 0.485. The number of benzene rings is 1. The highest BCUT2D eigenvalue weighted by molar-refractivity contribution is 6.34. The van der Waals surface area contributed by atoms with Crippen LogP contribution in [0.4, 0.5) is 13.2 Å². The van der Waals surface area contributed by atoms with Crippen LogP contribution in [0.25, 0.3) is 22.4 Å². The van der Waals surface area contributed by atoms with Gasteiger partial charge in [0, 0.05) is 43.4 Å². The zero-order chi connectivity index (χ0) is 27.6. The Morgan fingerprint density at radius 3 is 2.45 bits per heavy atom. The number of rotatable bonds is 7. The number of nitrogens with one attached hydrogen (secondary N) is 1. The third-order valence-corrected chi connectivity index (χ3v) is 5.15. The van der Waals surface area contributed by atoms with Crippen molar-refractivity contribution in [2.75, 3.05) is 20.7 Å². The van der Waals surface area contributed by atoms with E-state index in [9.17, 15) is 18.0 Å². The molecule has 2 aromatic heterocycles. The average Bonchev–Trinajstić information content (AvgIpc) is 2.83. The van der Waals surface area contributed by atoms with E-state index in [1.165, 1.54) is 28.8 Å². The van der Waals surface area contributed by atoms with Crippen LogP contribution in [-0.4, -0.2) is 73.6 Å². The summed E-state index contributed by atoms with van der Waals surface area (Å²) in [5, 5.41) is 8.17. The van der Waals surface area contributed by atoms with Crippen LogP contribution in [0.3, 0.4) is 0 Å². The fourth-order valence-electron chi connectivity index (χ4n) is 3.64. The van der Waals surface area contributed by atoms with Gasteiger partial charge < -0.3 is 19.8 Å². The smallest absolute Gasteiger partial charge is 0.422 e. The summed E-state index contributed by atoms with van der Waals surface area (Å²) >= 11 is 0. The van der Waals surface area contributed by atoms with Gasteiger partial charge in [-0.15, -0.1) is 0 Å². The van der Waals surface area contributed by atoms with Crippen molar-refractivity contribution in [3.05, 3.63) is 82.4 Å². The predicted molar refractivity (Wildman–Crippen MR) is 139 cm³/mol. The van der Waals surface area contributed by atoms with Gasteiger partial charge in [0.1, 0.15) is 32.7 Å². The van der Waals surface area contributed by atoms with Crippen LogP contribution in [0.5, 0.6) is 11.6 Å². The number of allylic oxidation sites excluding steroid dienone is 5. The van der Waals surface area contributed by atoms with Crippen LogP contribution in [0, 0.1) is 5.41 Å². The van der Waals surface area contributed by atoms with Crippen LogP contribution in [-0.2, 0) is 0 Å². The molecule has 4 radical (unpaired) electrons. The van der Waals surface area contributed by atoms with Crippen molar-refractivity contribution < 1.29 is 22.6 Å². The summed E-state index contributed by atoms with van der Waals surface area (Å²) < 4.78 is 49.4. The molecule has 190 valence electrons. The first-order valence-corrected chi connectivity index (χ1v) is 11.2. The Hall–Kier alpha value is -4.28. The zero-order valence-corrected chi connectivity index (χ0v) is 20.4. The number of nitrogens with zero attached hydrogens (tertiary/aromatic N) is 4. The molecule has 0 atom stereocenters. The molecule has 8 nitrogen and oxygen atoms in total. The maximum Gasteiger partial charge on any atom is 0.422 e. The molecule has 1 aliphatic carbocycles. The first kappa shape index (κ1) is 26.8. The van der Waals surface area contributed by atoms with E-state index in [0.29, 0.717) is 22.6 Å². The van der Waals surface area contributed by atoms with Crippen LogP contribution in [0.2, 0.25) is 0 Å². The number of hydrogen-bond donors (Lipinski definition) is 1. The molecule has 0 unspecified atom stereocenters. The molecule has 38 heavy (non-hydrogen) atoms. The standard InChI is InChI=1S/C25H20B2F3N5O3/c1-34(2)12-15-11-14(3-8-18(15)31)21-23(36)35(16-4-6-17(7-5-16)38-24(26)27)22-19(32-21)9-10-20(33-22)37-13-25(28,29)30/h3-12,24,31H,13H2,1-2H3/b15-12-,31-18?. The van der Waals surface area contributed by atoms with Crippen molar-refractivity contribution >= 4 is 38.1 Å². The highest BCUT2D eigenvalue weighted by atomic mass is 19.4. The number of hydrogen-bond acceptors (Lipinski definition) is 7. The Morgan fingerprint density at radius 1 is 1.11 bits per heavy atom. The molecule has 0 spiro atoms. The molecule has 0 fully saturated rings. The van der Waals surface area contributed by atoms with E-state index in [0.717, 1.165) is 0 Å². The third kappa shape index (κ3) is 6.16. The van der Waals surface area contributed by atoms with Gasteiger partial charge in [-0.1, -0.05) is 6.08 Å². The number of pyridine rings is 1. The minimum absolute atomic E-state index is 0.0141. The summed E-state index contributed by atoms with van der Waals surface area (Å²) in [6, 6.07) is 8.82. The average molecular weight is 517 g/mol.